The van der Waals surface area contributed by atoms with E-state index in [-0.39, 0.29) is 5.54 Å². The first kappa shape index (κ1) is 12.8. The summed E-state index contributed by atoms with van der Waals surface area (Å²) in [5.74, 6) is 0.314. The van der Waals surface area contributed by atoms with E-state index in [0.717, 1.165) is 12.0 Å². The standard InChI is InChI=1S/C17H20N/c1-3-16(14-10-6-4-7-11-14)17(2,18)15-12-8-5-9-13-15/h4-8,10-13,16H,3,18H2,1-2H3. The van der Waals surface area contributed by atoms with Crippen LogP contribution in [-0.2, 0) is 5.54 Å². The van der Waals surface area contributed by atoms with Gasteiger partial charge in [0.1, 0.15) is 0 Å². The van der Waals surface area contributed by atoms with Gasteiger partial charge in [-0.2, -0.15) is 0 Å². The van der Waals surface area contributed by atoms with Crippen molar-refractivity contribution in [1.82, 2.24) is 0 Å². The topological polar surface area (TPSA) is 26.0 Å². The Morgan fingerprint density at radius 3 is 2.44 bits per heavy atom. The highest BCUT2D eigenvalue weighted by Gasteiger charge is 2.31. The van der Waals surface area contributed by atoms with E-state index in [2.05, 4.69) is 50.2 Å². The Kier molecular flexibility index (Phi) is 3.83. The summed E-state index contributed by atoms with van der Waals surface area (Å²) in [7, 11) is 0. The molecule has 0 aromatic heterocycles. The van der Waals surface area contributed by atoms with Crippen molar-refractivity contribution in [2.75, 3.05) is 0 Å². The highest BCUT2D eigenvalue weighted by atomic mass is 14.7. The third-order valence-corrected chi connectivity index (χ3v) is 3.66. The number of hydrogen-bond acceptors (Lipinski definition) is 1. The molecule has 0 amide bonds. The van der Waals surface area contributed by atoms with Crippen LogP contribution >= 0.6 is 0 Å². The van der Waals surface area contributed by atoms with Crippen molar-refractivity contribution in [3.8, 4) is 0 Å². The molecule has 2 aromatic carbocycles. The SMILES string of the molecule is CCC(c1ccccc1)C(C)(N)c1c[c]ccc1. The molecule has 0 heterocycles. The number of rotatable bonds is 4. The Morgan fingerprint density at radius 2 is 1.89 bits per heavy atom. The van der Waals surface area contributed by atoms with E-state index in [0.29, 0.717) is 5.92 Å². The lowest BCUT2D eigenvalue weighted by Crippen LogP contribution is -2.39. The zero-order valence-electron chi connectivity index (χ0n) is 11.1. The van der Waals surface area contributed by atoms with Crippen LogP contribution in [0.4, 0.5) is 0 Å². The Labute approximate surface area is 110 Å². The Balaban J connectivity index is 2.38. The summed E-state index contributed by atoms with van der Waals surface area (Å²) in [6.07, 6.45) is 1.02. The summed E-state index contributed by atoms with van der Waals surface area (Å²) in [6.45, 7) is 4.30. The molecule has 0 saturated carbocycles. The first-order valence-corrected chi connectivity index (χ1v) is 6.46. The molecule has 1 nitrogen and oxygen atoms in total. The highest BCUT2D eigenvalue weighted by molar-refractivity contribution is 5.31. The van der Waals surface area contributed by atoms with Gasteiger partial charge in [-0.1, -0.05) is 55.5 Å². The van der Waals surface area contributed by atoms with E-state index in [1.165, 1.54) is 5.56 Å². The van der Waals surface area contributed by atoms with Gasteiger partial charge in [0, 0.05) is 11.5 Å². The maximum Gasteiger partial charge on any atom is 0.0450 e. The molecule has 2 rings (SSSR count). The van der Waals surface area contributed by atoms with E-state index in [4.69, 9.17) is 5.73 Å². The lowest BCUT2D eigenvalue weighted by molar-refractivity contribution is 0.379. The average Bonchev–Trinajstić information content (AvgIpc) is 2.41. The number of nitrogens with two attached hydrogens (primary N) is 1. The minimum absolute atomic E-state index is 0.314. The molecule has 18 heavy (non-hydrogen) atoms. The summed E-state index contributed by atoms with van der Waals surface area (Å²) >= 11 is 0. The molecule has 0 aliphatic rings. The van der Waals surface area contributed by atoms with Crippen molar-refractivity contribution >= 4 is 0 Å². The zero-order valence-corrected chi connectivity index (χ0v) is 11.1. The molecule has 0 bridgehead atoms. The number of hydrogen-bond donors (Lipinski definition) is 1. The van der Waals surface area contributed by atoms with Crippen LogP contribution in [0, 0.1) is 6.07 Å². The molecule has 0 saturated heterocycles. The summed E-state index contributed by atoms with van der Waals surface area (Å²) in [5.41, 5.74) is 8.68. The van der Waals surface area contributed by atoms with Crippen LogP contribution in [0.3, 0.4) is 0 Å². The van der Waals surface area contributed by atoms with Crippen molar-refractivity contribution < 1.29 is 0 Å². The third-order valence-electron chi connectivity index (χ3n) is 3.66. The van der Waals surface area contributed by atoms with Crippen LogP contribution in [0.15, 0.2) is 54.6 Å². The van der Waals surface area contributed by atoms with Gasteiger partial charge in [0.15, 0.2) is 0 Å². The van der Waals surface area contributed by atoms with E-state index in [1.54, 1.807) is 0 Å². The van der Waals surface area contributed by atoms with Gasteiger partial charge in [-0.25, -0.2) is 0 Å². The van der Waals surface area contributed by atoms with Gasteiger partial charge in [0.2, 0.25) is 0 Å². The van der Waals surface area contributed by atoms with Crippen LogP contribution in [0.2, 0.25) is 0 Å². The Bertz CT molecular complexity index is 473. The molecular weight excluding hydrogens is 218 g/mol. The molecule has 2 N–H and O–H groups in total. The van der Waals surface area contributed by atoms with Crippen molar-refractivity contribution in [2.24, 2.45) is 5.73 Å². The Morgan fingerprint density at radius 1 is 1.17 bits per heavy atom. The molecule has 0 aliphatic heterocycles. The maximum absolute atomic E-state index is 6.60. The summed E-state index contributed by atoms with van der Waals surface area (Å²) in [4.78, 5) is 0. The lowest BCUT2D eigenvalue weighted by atomic mass is 9.75. The van der Waals surface area contributed by atoms with Crippen LogP contribution in [0.1, 0.15) is 37.3 Å². The largest absolute Gasteiger partial charge is 0.321 e. The van der Waals surface area contributed by atoms with Crippen molar-refractivity contribution in [3.05, 3.63) is 71.8 Å². The monoisotopic (exact) mass is 238 g/mol. The van der Waals surface area contributed by atoms with Gasteiger partial charge in [-0.3, -0.25) is 0 Å². The Hall–Kier alpha value is -1.60. The highest BCUT2D eigenvalue weighted by Crippen LogP contribution is 2.36. The van der Waals surface area contributed by atoms with Gasteiger partial charge >= 0.3 is 0 Å². The fourth-order valence-electron chi connectivity index (χ4n) is 2.62. The smallest absolute Gasteiger partial charge is 0.0450 e. The molecule has 2 atom stereocenters. The van der Waals surface area contributed by atoms with E-state index >= 15 is 0 Å². The fourth-order valence-corrected chi connectivity index (χ4v) is 2.62. The fraction of sp³-hybridized carbons (Fsp3) is 0.294. The summed E-state index contributed by atoms with van der Waals surface area (Å²) < 4.78 is 0. The second-order valence-corrected chi connectivity index (χ2v) is 4.95. The maximum atomic E-state index is 6.60. The van der Waals surface area contributed by atoms with Crippen molar-refractivity contribution in [1.29, 1.82) is 0 Å². The minimum Gasteiger partial charge on any atom is -0.321 e. The average molecular weight is 238 g/mol. The first-order chi connectivity index (χ1) is 8.66. The molecule has 1 heteroatoms. The normalized spacial score (nSPS) is 15.9. The molecule has 2 unspecified atom stereocenters. The van der Waals surface area contributed by atoms with E-state index < -0.39 is 0 Å². The quantitative estimate of drug-likeness (QED) is 0.860. The third kappa shape index (κ3) is 2.46. The lowest BCUT2D eigenvalue weighted by Gasteiger charge is -2.34. The molecule has 1 radical (unpaired) electrons. The van der Waals surface area contributed by atoms with E-state index in [9.17, 15) is 0 Å². The number of benzene rings is 2. The molecule has 2 aromatic rings. The van der Waals surface area contributed by atoms with Crippen molar-refractivity contribution in [3.63, 3.8) is 0 Å². The van der Waals surface area contributed by atoms with Gasteiger partial charge in [-0.15, -0.1) is 0 Å². The zero-order chi connectivity index (χ0) is 13.0. The van der Waals surface area contributed by atoms with Crippen LogP contribution in [0.5, 0.6) is 0 Å². The molecule has 93 valence electrons. The van der Waals surface area contributed by atoms with Gasteiger partial charge < -0.3 is 5.73 Å². The molecular formula is C17H20N. The summed E-state index contributed by atoms with van der Waals surface area (Å²) in [5, 5.41) is 0. The minimum atomic E-state index is -0.367. The van der Waals surface area contributed by atoms with Crippen LogP contribution in [-0.4, -0.2) is 0 Å². The predicted molar refractivity (Wildman–Crippen MR) is 76.3 cm³/mol. The summed E-state index contributed by atoms with van der Waals surface area (Å²) in [6, 6.07) is 21.6. The van der Waals surface area contributed by atoms with Gasteiger partial charge in [0.25, 0.3) is 0 Å². The predicted octanol–water partition coefficient (Wildman–Crippen LogP) is 3.85. The van der Waals surface area contributed by atoms with Crippen molar-refractivity contribution in [2.45, 2.75) is 31.7 Å². The van der Waals surface area contributed by atoms with Gasteiger partial charge in [0.05, 0.1) is 0 Å². The van der Waals surface area contributed by atoms with Crippen LogP contribution < -0.4 is 5.73 Å². The molecule has 0 spiro atoms. The van der Waals surface area contributed by atoms with Gasteiger partial charge in [-0.05, 0) is 36.6 Å². The second-order valence-electron chi connectivity index (χ2n) is 4.95. The molecule has 0 fully saturated rings. The second kappa shape index (κ2) is 5.36. The van der Waals surface area contributed by atoms with E-state index in [1.807, 2.05) is 24.3 Å². The van der Waals surface area contributed by atoms with Crippen LogP contribution in [0.25, 0.3) is 0 Å². The molecule has 0 aliphatic carbocycles. The first-order valence-electron chi connectivity index (χ1n) is 6.46.